The summed E-state index contributed by atoms with van der Waals surface area (Å²) in [5.74, 6) is 1.84. The van der Waals surface area contributed by atoms with Crippen molar-refractivity contribution in [2.75, 3.05) is 27.9 Å². The maximum absolute atomic E-state index is 13.0. The lowest BCUT2D eigenvalue weighted by Gasteiger charge is -2.26. The van der Waals surface area contributed by atoms with Crippen molar-refractivity contribution in [2.24, 2.45) is 0 Å². The first-order valence-corrected chi connectivity index (χ1v) is 9.63. The Morgan fingerprint density at radius 2 is 1.81 bits per heavy atom. The molecule has 0 aliphatic heterocycles. The molecule has 27 heavy (non-hydrogen) atoms. The molecule has 0 saturated carbocycles. The molecule has 0 N–H and O–H groups in total. The first-order valence-electron chi connectivity index (χ1n) is 8.84. The number of methoxy groups -OCH3 is 2. The number of rotatable bonds is 8. The molecule has 0 aromatic heterocycles. The lowest BCUT2D eigenvalue weighted by atomic mass is 10.1. The number of carbonyl (C=O) groups excluding carboxylic acids is 1. The molecule has 2 rings (SSSR count). The third kappa shape index (κ3) is 4.95. The van der Waals surface area contributed by atoms with Crippen molar-refractivity contribution in [1.82, 2.24) is 4.90 Å². The van der Waals surface area contributed by atoms with Crippen LogP contribution >= 0.6 is 15.9 Å². The zero-order valence-corrected chi connectivity index (χ0v) is 18.0. The molecule has 0 saturated heterocycles. The molecule has 1 atom stereocenters. The van der Waals surface area contributed by atoms with E-state index in [9.17, 15) is 4.79 Å². The van der Waals surface area contributed by atoms with Gasteiger partial charge in [-0.3, -0.25) is 4.79 Å². The van der Waals surface area contributed by atoms with Gasteiger partial charge in [0.25, 0.3) is 5.91 Å². The van der Waals surface area contributed by atoms with Crippen LogP contribution < -0.4 is 14.2 Å². The molecule has 2 aromatic carbocycles. The van der Waals surface area contributed by atoms with Crippen LogP contribution in [-0.4, -0.2) is 38.7 Å². The Morgan fingerprint density at radius 1 is 1.15 bits per heavy atom. The number of nitrogens with zero attached hydrogens (tertiary/aromatic N) is 1. The molecule has 0 fully saturated rings. The number of halogens is 1. The van der Waals surface area contributed by atoms with Gasteiger partial charge < -0.3 is 19.1 Å². The Kier molecular flexibility index (Phi) is 7.54. The summed E-state index contributed by atoms with van der Waals surface area (Å²) >= 11 is 3.49. The van der Waals surface area contributed by atoms with Crippen molar-refractivity contribution >= 4 is 21.8 Å². The number of benzene rings is 2. The van der Waals surface area contributed by atoms with E-state index in [4.69, 9.17) is 14.2 Å². The van der Waals surface area contributed by atoms with Gasteiger partial charge in [-0.15, -0.1) is 0 Å². The topological polar surface area (TPSA) is 48.0 Å². The largest absolute Gasteiger partial charge is 0.497 e. The average molecular weight is 436 g/mol. The van der Waals surface area contributed by atoms with Gasteiger partial charge in [0.2, 0.25) is 0 Å². The highest BCUT2D eigenvalue weighted by molar-refractivity contribution is 9.10. The quantitative estimate of drug-likeness (QED) is 0.579. The predicted molar refractivity (Wildman–Crippen MR) is 110 cm³/mol. The first-order chi connectivity index (χ1) is 12.9. The van der Waals surface area contributed by atoms with Crippen LogP contribution in [0.25, 0.3) is 0 Å². The Balaban J connectivity index is 2.25. The third-order valence-electron chi connectivity index (χ3n) is 4.43. The maximum atomic E-state index is 13.0. The summed E-state index contributed by atoms with van der Waals surface area (Å²) in [6.45, 7) is 4.61. The molecule has 0 radical (unpaired) electrons. The molecular formula is C21H26BrNO4. The summed E-state index contributed by atoms with van der Waals surface area (Å²) < 4.78 is 17.0. The third-order valence-corrected chi connectivity index (χ3v) is 5.02. The second-order valence-electron chi connectivity index (χ2n) is 6.20. The summed E-state index contributed by atoms with van der Waals surface area (Å²) in [5.41, 5.74) is 1.56. The molecule has 0 heterocycles. The summed E-state index contributed by atoms with van der Waals surface area (Å²) in [6, 6.07) is 11.1. The van der Waals surface area contributed by atoms with Crippen molar-refractivity contribution in [1.29, 1.82) is 0 Å². The van der Waals surface area contributed by atoms with Crippen molar-refractivity contribution in [3.8, 4) is 17.2 Å². The summed E-state index contributed by atoms with van der Waals surface area (Å²) in [4.78, 5) is 14.7. The second kappa shape index (κ2) is 9.65. The fraction of sp³-hybridized carbons (Fsp3) is 0.381. The standard InChI is InChI=1S/C21H26BrNO4/c1-6-11-27-20-18(22)12-16(13-19(20)26-5)21(24)23(3)14(2)15-7-9-17(25-4)10-8-15/h7-10,12-14H,6,11H2,1-5H3. The predicted octanol–water partition coefficient (Wildman–Crippen LogP) is 5.09. The minimum atomic E-state index is -0.0978. The summed E-state index contributed by atoms with van der Waals surface area (Å²) in [7, 11) is 4.99. The van der Waals surface area contributed by atoms with Crippen LogP contribution in [0.2, 0.25) is 0 Å². The second-order valence-corrected chi connectivity index (χ2v) is 7.06. The minimum absolute atomic E-state index is 0.0933. The number of amides is 1. The van der Waals surface area contributed by atoms with E-state index in [1.165, 1.54) is 0 Å². The molecular weight excluding hydrogens is 410 g/mol. The van der Waals surface area contributed by atoms with Crippen LogP contribution in [0.3, 0.4) is 0 Å². The SMILES string of the molecule is CCCOc1c(Br)cc(C(=O)N(C)C(C)c2ccc(OC)cc2)cc1OC. The van der Waals surface area contributed by atoms with Crippen molar-refractivity contribution in [3.05, 3.63) is 52.0 Å². The normalized spacial score (nSPS) is 11.6. The van der Waals surface area contributed by atoms with Crippen LogP contribution in [0.15, 0.2) is 40.9 Å². The van der Waals surface area contributed by atoms with Crippen LogP contribution in [0.1, 0.15) is 42.2 Å². The molecule has 1 amide bonds. The van der Waals surface area contributed by atoms with Crippen LogP contribution in [0.5, 0.6) is 17.2 Å². The highest BCUT2D eigenvalue weighted by atomic mass is 79.9. The number of hydrogen-bond acceptors (Lipinski definition) is 4. The molecule has 1 unspecified atom stereocenters. The summed E-state index contributed by atoms with van der Waals surface area (Å²) in [6.07, 6.45) is 0.887. The Labute approximate surface area is 169 Å². The van der Waals surface area contributed by atoms with Gasteiger partial charge in [0.1, 0.15) is 5.75 Å². The molecule has 5 nitrogen and oxygen atoms in total. The van der Waals surface area contributed by atoms with Crippen LogP contribution in [-0.2, 0) is 0 Å². The van der Waals surface area contributed by atoms with Gasteiger partial charge >= 0.3 is 0 Å². The van der Waals surface area contributed by atoms with E-state index in [-0.39, 0.29) is 11.9 Å². The highest BCUT2D eigenvalue weighted by Gasteiger charge is 2.22. The van der Waals surface area contributed by atoms with Gasteiger partial charge in [-0.2, -0.15) is 0 Å². The molecule has 0 aliphatic rings. The fourth-order valence-corrected chi connectivity index (χ4v) is 3.23. The van der Waals surface area contributed by atoms with Gasteiger partial charge in [0.15, 0.2) is 11.5 Å². The summed E-state index contributed by atoms with van der Waals surface area (Å²) in [5, 5.41) is 0. The van der Waals surface area contributed by atoms with Gasteiger partial charge in [0.05, 0.1) is 31.3 Å². The van der Waals surface area contributed by atoms with Crippen LogP contribution in [0, 0.1) is 0 Å². The zero-order chi connectivity index (χ0) is 20.0. The molecule has 146 valence electrons. The maximum Gasteiger partial charge on any atom is 0.254 e. The van der Waals surface area contributed by atoms with E-state index in [0.717, 1.165) is 17.7 Å². The molecule has 2 aromatic rings. The van der Waals surface area contributed by atoms with Crippen molar-refractivity contribution in [2.45, 2.75) is 26.3 Å². The van der Waals surface area contributed by atoms with Gasteiger partial charge in [-0.1, -0.05) is 19.1 Å². The zero-order valence-electron chi connectivity index (χ0n) is 16.4. The average Bonchev–Trinajstić information content (AvgIpc) is 2.70. The highest BCUT2D eigenvalue weighted by Crippen LogP contribution is 2.37. The van der Waals surface area contributed by atoms with E-state index in [2.05, 4.69) is 15.9 Å². The van der Waals surface area contributed by atoms with E-state index >= 15 is 0 Å². The Morgan fingerprint density at radius 3 is 2.37 bits per heavy atom. The Hall–Kier alpha value is -2.21. The van der Waals surface area contributed by atoms with Gasteiger partial charge in [-0.25, -0.2) is 0 Å². The van der Waals surface area contributed by atoms with Crippen LogP contribution in [0.4, 0.5) is 0 Å². The van der Waals surface area contributed by atoms with E-state index < -0.39 is 0 Å². The molecule has 6 heteroatoms. The number of carbonyl (C=O) groups is 1. The molecule has 0 bridgehead atoms. The number of ether oxygens (including phenoxy) is 3. The van der Waals surface area contributed by atoms with Crippen molar-refractivity contribution < 1.29 is 19.0 Å². The lowest BCUT2D eigenvalue weighted by Crippen LogP contribution is -2.29. The lowest BCUT2D eigenvalue weighted by molar-refractivity contribution is 0.0742. The van der Waals surface area contributed by atoms with Crippen molar-refractivity contribution in [3.63, 3.8) is 0 Å². The molecule has 0 spiro atoms. The fourth-order valence-electron chi connectivity index (χ4n) is 2.67. The van der Waals surface area contributed by atoms with E-state index in [1.807, 2.05) is 38.1 Å². The first kappa shape index (κ1) is 21.1. The molecule has 0 aliphatic carbocycles. The smallest absolute Gasteiger partial charge is 0.254 e. The van der Waals surface area contributed by atoms with E-state index in [0.29, 0.717) is 28.1 Å². The Bertz CT molecular complexity index is 776. The number of hydrogen-bond donors (Lipinski definition) is 0. The monoisotopic (exact) mass is 435 g/mol. The van der Waals surface area contributed by atoms with E-state index in [1.54, 1.807) is 38.3 Å². The van der Waals surface area contributed by atoms with Gasteiger partial charge in [0, 0.05) is 12.6 Å². The van der Waals surface area contributed by atoms with Gasteiger partial charge in [-0.05, 0) is 59.1 Å². The minimum Gasteiger partial charge on any atom is -0.497 e.